The van der Waals surface area contributed by atoms with Crippen molar-refractivity contribution in [1.29, 1.82) is 0 Å². The maximum Gasteiger partial charge on any atom is 2.00 e. The van der Waals surface area contributed by atoms with Gasteiger partial charge in [0.25, 0.3) is 0 Å². The van der Waals surface area contributed by atoms with Crippen molar-refractivity contribution in [3.05, 3.63) is 171 Å². The molecule has 78 heavy (non-hydrogen) atoms. The van der Waals surface area contributed by atoms with Gasteiger partial charge >= 0.3 is 92.2 Å². The fourth-order valence-corrected chi connectivity index (χ4v) is 14.2. The Labute approximate surface area is 643 Å². The smallest absolute Gasteiger partial charge is 1.00 e. The van der Waals surface area contributed by atoms with Crippen molar-refractivity contribution >= 4 is 249 Å². The van der Waals surface area contributed by atoms with Gasteiger partial charge in [-0.1, -0.05) is 239 Å². The Bertz CT molecular complexity index is 1470. The van der Waals surface area contributed by atoms with E-state index in [4.69, 9.17) is 90.3 Å². The van der Waals surface area contributed by atoms with Crippen molar-refractivity contribution in [2.24, 2.45) is 0 Å². The Kier molecular flexibility index (Phi) is 167. The molecule has 0 fully saturated rings. The van der Waals surface area contributed by atoms with Crippen molar-refractivity contribution in [2.75, 3.05) is 30.8 Å². The first-order valence-corrected chi connectivity index (χ1v) is 35.8. The van der Waals surface area contributed by atoms with Crippen LogP contribution >= 0.6 is 157 Å². The van der Waals surface area contributed by atoms with Crippen molar-refractivity contribution in [2.45, 2.75) is 121 Å². The molecule has 0 radical (unpaired) electrons. The van der Waals surface area contributed by atoms with Crippen LogP contribution in [0, 0.1) is 27.7 Å². The molecule has 0 aliphatic rings. The summed E-state index contributed by atoms with van der Waals surface area (Å²) in [5.74, 6) is 0.612. The van der Waals surface area contributed by atoms with Crippen molar-refractivity contribution in [1.82, 2.24) is 0 Å². The van der Waals surface area contributed by atoms with Crippen LogP contribution in [0.2, 0.25) is 0 Å². The fraction of sp³-hybridized carbons (Fsp3) is 0.462. The van der Waals surface area contributed by atoms with Crippen molar-refractivity contribution in [3.8, 4) is 0 Å². The van der Waals surface area contributed by atoms with E-state index in [1.54, 1.807) is 0 Å². The largest absolute Gasteiger partial charge is 2.00 e. The molecule has 0 aliphatic carbocycles. The summed E-state index contributed by atoms with van der Waals surface area (Å²) >= 11 is 45.1. The van der Waals surface area contributed by atoms with Crippen LogP contribution in [0.15, 0.2) is 121 Å². The molecule has 0 bridgehead atoms. The summed E-state index contributed by atoms with van der Waals surface area (Å²) < 4.78 is 0. The quantitative estimate of drug-likeness (QED) is 0.0193. The van der Waals surface area contributed by atoms with E-state index in [1.165, 1.54) is 112 Å². The molecule has 0 saturated carbocycles. The number of unbranched alkanes of at least 4 members (excludes halogenated alkanes) is 11. The number of aryl methyl sites for hydroxylation is 3. The first-order valence-electron chi connectivity index (χ1n) is 22.6. The molecule has 0 spiro atoms. The summed E-state index contributed by atoms with van der Waals surface area (Å²) in [7, 11) is -0.358. The number of hydrogen-bond donors (Lipinski definition) is 0. The summed E-state index contributed by atoms with van der Waals surface area (Å²) in [4.78, 5) is 0. The minimum atomic E-state index is -0.841. The molecular weight excluding hydrogens is 1610 g/mol. The van der Waals surface area contributed by atoms with Gasteiger partial charge in [-0.25, -0.2) is 0 Å². The van der Waals surface area contributed by atoms with Crippen LogP contribution in [-0.4, -0.2) is 123 Å². The van der Waals surface area contributed by atoms with Crippen molar-refractivity contribution < 1.29 is 80.2 Å². The Morgan fingerprint density at radius 2 is 0.538 bits per heavy atom. The van der Waals surface area contributed by atoms with Crippen molar-refractivity contribution in [3.63, 3.8) is 0 Å². The maximum absolute atomic E-state index is 6.29. The van der Waals surface area contributed by atoms with Crippen LogP contribution in [0.5, 0.6) is 0 Å². The normalized spacial score (nSPS) is 8.86. The molecule has 4 aromatic carbocycles. The summed E-state index contributed by atoms with van der Waals surface area (Å²) in [6.45, 7) is 12.4. The molecule has 5 atom stereocenters. The van der Waals surface area contributed by atoms with Crippen LogP contribution < -0.4 is 67.9 Å². The summed E-state index contributed by atoms with van der Waals surface area (Å²) in [6, 6.07) is 42.0. The average Bonchev–Trinajstić information content (AvgIpc) is 3.31. The average molecular weight is 1710 g/mol. The molecule has 0 aromatic heterocycles. The van der Waals surface area contributed by atoms with E-state index in [1.807, 2.05) is 30.3 Å². The van der Waals surface area contributed by atoms with E-state index in [0.29, 0.717) is 5.88 Å². The van der Waals surface area contributed by atoms with Crippen LogP contribution in [-0.2, 0) is 25.1 Å². The second kappa shape index (κ2) is 103. The Balaban J connectivity index is -0.0000000359. The van der Waals surface area contributed by atoms with Gasteiger partial charge in [-0.2, -0.15) is 65.3 Å². The van der Waals surface area contributed by atoms with Gasteiger partial charge in [0.15, 0.2) is 0 Å². The second-order valence-corrected chi connectivity index (χ2v) is 30.2. The zero-order valence-corrected chi connectivity index (χ0v) is 73.4. The van der Waals surface area contributed by atoms with E-state index in [9.17, 15) is 0 Å². The minimum absolute atomic E-state index is 0. The van der Waals surface area contributed by atoms with Crippen LogP contribution in [0.3, 0.4) is 0 Å². The third-order valence-corrected chi connectivity index (χ3v) is 17.3. The topological polar surface area (TPSA) is 0 Å². The predicted molar refractivity (Wildman–Crippen MR) is 387 cm³/mol. The van der Waals surface area contributed by atoms with Gasteiger partial charge in [0.2, 0.25) is 0 Å². The standard InChI is InChI=1S/C14H21Cl3P2.2C12H17.C7H7Cl.C5H10.C2H4Cl4P2.4BrH.2FH.4Mg.4H3P.2H2/c15-18(12-13-19(16)17)11-7-2-1-4-8-14-9-5-3-6-10-14;2*1-2-3-4-6-9-12-10-7-5-8-11-12;8-6-7-4-2-1-3-5-7;1-3-5-4-2;3-7(4)1-2-8(5)6;;;;;;;;;;;;;;;;/h3,5-6,9-10H,1-2,4,7-8,11-13H2;2*5,7-8,10-11H,1-4,6,9H2;1-5H,6H2;1-5H2;1-2H2;6*1H;;;;;4*1H3;2*1H/q;2*-1;;-2;;;;;;;;4*+2;;;;;;/p-4/i;;;;;;;;;;;;;;;;;;;;2*1+2. The zero-order valence-electron chi connectivity index (χ0n) is 46.1. The first kappa shape index (κ1) is 126. The third-order valence-electron chi connectivity index (χ3n) is 9.02. The van der Waals surface area contributed by atoms with Crippen LogP contribution in [0.4, 0.5) is 9.41 Å². The monoisotopic (exact) mass is 1700 g/mol. The number of alkyl halides is 1. The summed E-state index contributed by atoms with van der Waals surface area (Å²) in [6.07, 6.45) is 26.5. The van der Waals surface area contributed by atoms with E-state index in [2.05, 4.69) is 119 Å². The molecule has 0 nitrogen and oxygen atoms in total. The fourth-order valence-electron chi connectivity index (χ4n) is 5.46. The zero-order chi connectivity index (χ0) is 47.7. The Morgan fingerprint density at radius 3 is 0.756 bits per heavy atom. The molecular formula is C52H94Br4Cl8F2Mg4P8. The SMILES string of the molecule is ClCc1ccccc1.ClP(Cl)CCP(Cl)CCCCCCc1ccccc1.ClP(Cl)CCP(Cl)Cl.F.F.P.P.P.P.[3HH].[3HH].[Br-].[Br-].[Br-].[Br-].[CH2-]CCCCCc1ccccc1.[CH2-]CCCCCc1ccccc1.[CH2-]CCC[CH2-].[Mg+2].[Mg+2].[Mg+2].[Mg+2]. The number of halogens is 14. The first-order chi connectivity index (χ1) is 31.0. The molecule has 0 N–H and O–H groups in total. The van der Waals surface area contributed by atoms with Gasteiger partial charge < -0.3 is 95.6 Å². The second-order valence-electron chi connectivity index (χ2n) is 14.6. The minimum Gasteiger partial charge on any atom is -1.00 e. The number of hydrogen-bond acceptors (Lipinski definition) is 0. The van der Waals surface area contributed by atoms with Crippen LogP contribution in [0.1, 0.15) is 121 Å². The van der Waals surface area contributed by atoms with Crippen LogP contribution in [0.25, 0.3) is 0 Å². The van der Waals surface area contributed by atoms with Gasteiger partial charge in [-0.05, 0) is 86.8 Å². The summed E-state index contributed by atoms with van der Waals surface area (Å²) in [5.41, 5.74) is 5.54. The molecule has 0 saturated heterocycles. The molecule has 4 rings (SSSR count). The summed E-state index contributed by atoms with van der Waals surface area (Å²) in [5, 5.41) is 0. The number of benzene rings is 4. The predicted octanol–water partition coefficient (Wildman–Crippen LogP) is 10.8. The molecule has 0 heterocycles. The molecule has 0 aliphatic heterocycles. The van der Waals surface area contributed by atoms with Gasteiger partial charge in [0.05, 0.1) is 19.9 Å². The molecule has 26 heteroatoms. The van der Waals surface area contributed by atoms with Gasteiger partial charge in [-0.15, -0.1) is 18.0 Å². The molecule has 5 unspecified atom stereocenters. The number of rotatable bonds is 26. The Hall–Kier alpha value is 7.48. The van der Waals surface area contributed by atoms with E-state index in [-0.39, 0.29) is 219 Å². The van der Waals surface area contributed by atoms with E-state index < -0.39 is 19.9 Å². The van der Waals surface area contributed by atoms with Gasteiger partial charge in [0.1, 0.15) is 0 Å². The van der Waals surface area contributed by atoms with E-state index >= 15 is 0 Å². The maximum atomic E-state index is 6.29. The molecule has 4 aromatic rings. The molecule has 0 amide bonds. The van der Waals surface area contributed by atoms with Gasteiger partial charge in [0, 0.05) is 27.2 Å². The third kappa shape index (κ3) is 102. The molecule has 448 valence electrons. The van der Waals surface area contributed by atoms with Gasteiger partial charge in [-0.3, -0.25) is 9.41 Å². The Morgan fingerprint density at radius 1 is 0.308 bits per heavy atom. The van der Waals surface area contributed by atoms with E-state index in [0.717, 1.165) is 56.5 Å².